The van der Waals surface area contributed by atoms with Gasteiger partial charge in [0.25, 0.3) is 0 Å². The van der Waals surface area contributed by atoms with E-state index in [-0.39, 0.29) is 11.9 Å². The highest BCUT2D eigenvalue weighted by atomic mass is 16.2. The molecule has 0 aromatic carbocycles. The fourth-order valence-electron chi connectivity index (χ4n) is 2.69. The molecule has 0 aromatic heterocycles. The third kappa shape index (κ3) is 2.16. The van der Waals surface area contributed by atoms with E-state index in [0.717, 1.165) is 13.0 Å². The normalized spacial score (nSPS) is 32.7. The number of fused-ring (bicyclic) bond motifs is 1. The van der Waals surface area contributed by atoms with Gasteiger partial charge in [-0.25, -0.2) is 0 Å². The maximum atomic E-state index is 11.7. The highest BCUT2D eigenvalue weighted by Gasteiger charge is 2.37. The first kappa shape index (κ1) is 10.9. The molecular formula is C11H21N3O. The minimum Gasteiger partial charge on any atom is -0.350 e. The van der Waals surface area contributed by atoms with Crippen LogP contribution >= 0.6 is 0 Å². The topological polar surface area (TPSA) is 44.4 Å². The molecule has 0 aliphatic carbocycles. The van der Waals surface area contributed by atoms with E-state index in [2.05, 4.69) is 15.5 Å². The molecule has 2 aliphatic heterocycles. The van der Waals surface area contributed by atoms with E-state index in [1.807, 2.05) is 14.0 Å². The molecule has 2 saturated heterocycles. The standard InChI is InChI=1S/C11H21N3O/c1-8(12-2)11(15)13-9-5-7-14-6-3-4-10(9)14/h8-10,12H,3-7H2,1-2H3,(H,13,15). The molecule has 3 unspecified atom stereocenters. The van der Waals surface area contributed by atoms with Crippen molar-refractivity contribution in [3.05, 3.63) is 0 Å². The van der Waals surface area contributed by atoms with Crippen LogP contribution in [-0.2, 0) is 4.79 Å². The molecule has 2 rings (SSSR count). The smallest absolute Gasteiger partial charge is 0.237 e. The lowest BCUT2D eigenvalue weighted by Crippen LogP contribution is -2.48. The van der Waals surface area contributed by atoms with Gasteiger partial charge in [-0.05, 0) is 39.8 Å². The number of amides is 1. The van der Waals surface area contributed by atoms with Crippen molar-refractivity contribution in [2.45, 2.75) is 44.3 Å². The summed E-state index contributed by atoms with van der Waals surface area (Å²) in [6.45, 7) is 4.28. The average molecular weight is 211 g/mol. The minimum atomic E-state index is -0.0829. The highest BCUT2D eigenvalue weighted by Crippen LogP contribution is 2.27. The SMILES string of the molecule is CNC(C)C(=O)NC1CCN2CCCC12. The van der Waals surface area contributed by atoms with Gasteiger partial charge in [0.2, 0.25) is 5.91 Å². The van der Waals surface area contributed by atoms with E-state index in [1.54, 1.807) is 0 Å². The van der Waals surface area contributed by atoms with Crippen LogP contribution in [0.15, 0.2) is 0 Å². The van der Waals surface area contributed by atoms with E-state index in [0.29, 0.717) is 12.1 Å². The van der Waals surface area contributed by atoms with Crippen molar-refractivity contribution in [2.75, 3.05) is 20.1 Å². The van der Waals surface area contributed by atoms with Crippen LogP contribution in [0.5, 0.6) is 0 Å². The Morgan fingerprint density at radius 1 is 1.40 bits per heavy atom. The molecule has 2 fully saturated rings. The summed E-state index contributed by atoms with van der Waals surface area (Å²) in [6, 6.07) is 0.911. The Kier molecular flexibility index (Phi) is 3.26. The lowest BCUT2D eigenvalue weighted by atomic mass is 10.1. The van der Waals surface area contributed by atoms with Gasteiger partial charge in [0.15, 0.2) is 0 Å². The molecule has 15 heavy (non-hydrogen) atoms. The Bertz CT molecular complexity index is 244. The summed E-state index contributed by atoms with van der Waals surface area (Å²) in [6.07, 6.45) is 3.66. The van der Waals surface area contributed by atoms with E-state index in [1.165, 1.54) is 19.4 Å². The van der Waals surface area contributed by atoms with Crippen molar-refractivity contribution in [3.63, 3.8) is 0 Å². The van der Waals surface area contributed by atoms with E-state index >= 15 is 0 Å². The van der Waals surface area contributed by atoms with Crippen molar-refractivity contribution < 1.29 is 4.79 Å². The maximum absolute atomic E-state index is 11.7. The Morgan fingerprint density at radius 2 is 2.20 bits per heavy atom. The van der Waals surface area contributed by atoms with Gasteiger partial charge in [0.05, 0.1) is 6.04 Å². The van der Waals surface area contributed by atoms with Gasteiger partial charge in [-0.3, -0.25) is 9.69 Å². The second-order valence-electron chi connectivity index (χ2n) is 4.66. The van der Waals surface area contributed by atoms with Gasteiger partial charge in [-0.2, -0.15) is 0 Å². The molecule has 2 aliphatic rings. The van der Waals surface area contributed by atoms with E-state index in [9.17, 15) is 4.79 Å². The number of hydrogen-bond acceptors (Lipinski definition) is 3. The van der Waals surface area contributed by atoms with Crippen molar-refractivity contribution in [2.24, 2.45) is 0 Å². The number of nitrogens with one attached hydrogen (secondary N) is 2. The van der Waals surface area contributed by atoms with Crippen molar-refractivity contribution in [3.8, 4) is 0 Å². The third-order valence-electron chi connectivity index (χ3n) is 3.76. The zero-order chi connectivity index (χ0) is 10.8. The Morgan fingerprint density at radius 3 is 2.93 bits per heavy atom. The summed E-state index contributed by atoms with van der Waals surface area (Å²) < 4.78 is 0. The summed E-state index contributed by atoms with van der Waals surface area (Å²) in [7, 11) is 1.82. The number of carbonyl (C=O) groups is 1. The van der Waals surface area contributed by atoms with Crippen LogP contribution in [0.25, 0.3) is 0 Å². The zero-order valence-electron chi connectivity index (χ0n) is 9.62. The number of carbonyl (C=O) groups excluding carboxylic acids is 1. The molecular weight excluding hydrogens is 190 g/mol. The third-order valence-corrected chi connectivity index (χ3v) is 3.76. The molecule has 2 N–H and O–H groups in total. The predicted molar refractivity (Wildman–Crippen MR) is 59.7 cm³/mol. The zero-order valence-corrected chi connectivity index (χ0v) is 9.62. The number of rotatable bonds is 3. The summed E-state index contributed by atoms with van der Waals surface area (Å²) in [5.74, 6) is 0.135. The monoisotopic (exact) mass is 211 g/mol. The molecule has 0 aromatic rings. The van der Waals surface area contributed by atoms with Crippen LogP contribution in [0.1, 0.15) is 26.2 Å². The minimum absolute atomic E-state index is 0.0829. The fraction of sp³-hybridized carbons (Fsp3) is 0.909. The van der Waals surface area contributed by atoms with Crippen molar-refractivity contribution in [1.82, 2.24) is 15.5 Å². The molecule has 3 atom stereocenters. The quantitative estimate of drug-likeness (QED) is 0.688. The van der Waals surface area contributed by atoms with Crippen molar-refractivity contribution >= 4 is 5.91 Å². The van der Waals surface area contributed by atoms with E-state index in [4.69, 9.17) is 0 Å². The molecule has 86 valence electrons. The fourth-order valence-corrected chi connectivity index (χ4v) is 2.69. The van der Waals surface area contributed by atoms with Crippen LogP contribution in [0, 0.1) is 0 Å². The Balaban J connectivity index is 1.87. The Hall–Kier alpha value is -0.610. The van der Waals surface area contributed by atoms with Gasteiger partial charge in [-0.1, -0.05) is 0 Å². The molecule has 4 heteroatoms. The molecule has 1 amide bonds. The molecule has 4 nitrogen and oxygen atoms in total. The molecule has 0 bridgehead atoms. The summed E-state index contributed by atoms with van der Waals surface area (Å²) >= 11 is 0. The molecule has 0 radical (unpaired) electrons. The molecule has 0 saturated carbocycles. The van der Waals surface area contributed by atoms with E-state index < -0.39 is 0 Å². The second-order valence-corrected chi connectivity index (χ2v) is 4.66. The van der Waals surface area contributed by atoms with Crippen LogP contribution < -0.4 is 10.6 Å². The van der Waals surface area contributed by atoms with Gasteiger partial charge in [0, 0.05) is 18.6 Å². The maximum Gasteiger partial charge on any atom is 0.237 e. The summed E-state index contributed by atoms with van der Waals surface area (Å²) in [4.78, 5) is 14.2. The number of nitrogens with zero attached hydrogens (tertiary/aromatic N) is 1. The lowest BCUT2D eigenvalue weighted by Gasteiger charge is -2.22. The highest BCUT2D eigenvalue weighted by molar-refractivity contribution is 5.81. The number of likely N-dealkylation sites (N-methyl/N-ethyl adjacent to an activating group) is 1. The van der Waals surface area contributed by atoms with Gasteiger partial charge < -0.3 is 10.6 Å². The largest absolute Gasteiger partial charge is 0.350 e. The molecule has 2 heterocycles. The number of hydrogen-bond donors (Lipinski definition) is 2. The Labute approximate surface area is 91.4 Å². The first-order chi connectivity index (χ1) is 7.22. The van der Waals surface area contributed by atoms with Crippen LogP contribution in [-0.4, -0.2) is 49.1 Å². The van der Waals surface area contributed by atoms with Crippen molar-refractivity contribution in [1.29, 1.82) is 0 Å². The first-order valence-corrected chi connectivity index (χ1v) is 5.94. The van der Waals surface area contributed by atoms with Gasteiger partial charge in [0.1, 0.15) is 0 Å². The summed E-state index contributed by atoms with van der Waals surface area (Å²) in [5, 5.41) is 6.13. The lowest BCUT2D eigenvalue weighted by molar-refractivity contribution is -0.123. The van der Waals surface area contributed by atoms with Gasteiger partial charge >= 0.3 is 0 Å². The molecule has 0 spiro atoms. The summed E-state index contributed by atoms with van der Waals surface area (Å²) in [5.41, 5.74) is 0. The van der Waals surface area contributed by atoms with Crippen LogP contribution in [0.3, 0.4) is 0 Å². The average Bonchev–Trinajstić information content (AvgIpc) is 2.81. The van der Waals surface area contributed by atoms with Crippen LogP contribution in [0.2, 0.25) is 0 Å². The first-order valence-electron chi connectivity index (χ1n) is 5.94. The predicted octanol–water partition coefficient (Wildman–Crippen LogP) is -0.0528. The van der Waals surface area contributed by atoms with Gasteiger partial charge in [-0.15, -0.1) is 0 Å². The van der Waals surface area contributed by atoms with Crippen LogP contribution in [0.4, 0.5) is 0 Å². The second kappa shape index (κ2) is 4.49.